The molecule has 7 heteroatoms. The van der Waals surface area contributed by atoms with E-state index in [0.29, 0.717) is 19.3 Å². The fourth-order valence-electron chi connectivity index (χ4n) is 9.42. The molecule has 0 aromatic rings. The van der Waals surface area contributed by atoms with Gasteiger partial charge in [0.15, 0.2) is 12.1 Å². The minimum absolute atomic E-state index is 0.00424. The lowest BCUT2D eigenvalue weighted by molar-refractivity contribution is -0.207. The van der Waals surface area contributed by atoms with Crippen molar-refractivity contribution >= 4 is 17.5 Å². The first kappa shape index (κ1) is 25.4. The van der Waals surface area contributed by atoms with Crippen molar-refractivity contribution in [1.29, 1.82) is 0 Å². The summed E-state index contributed by atoms with van der Waals surface area (Å²) >= 11 is 0. The first-order valence-corrected chi connectivity index (χ1v) is 13.9. The number of aliphatic hydroxyl groups is 1. The minimum atomic E-state index is -1.05. The molecule has 0 radical (unpaired) electrons. The van der Waals surface area contributed by atoms with Gasteiger partial charge in [-0.05, 0) is 69.8 Å². The number of Topliss-reactive ketones (excluding diaryl/α,β-unsaturated/α-hetero) is 1. The number of epoxide rings is 1. The molecule has 4 aliphatic carbocycles. The molecule has 0 aromatic carbocycles. The van der Waals surface area contributed by atoms with Crippen LogP contribution in [0.3, 0.4) is 0 Å². The van der Waals surface area contributed by atoms with Crippen molar-refractivity contribution in [3.8, 4) is 0 Å². The lowest BCUT2D eigenvalue weighted by Crippen LogP contribution is -2.57. The van der Waals surface area contributed by atoms with Crippen LogP contribution in [0.2, 0.25) is 0 Å². The zero-order chi connectivity index (χ0) is 26.7. The molecule has 4 fully saturated rings. The molecule has 7 nitrogen and oxygen atoms in total. The van der Waals surface area contributed by atoms with Crippen LogP contribution < -0.4 is 0 Å². The van der Waals surface area contributed by atoms with E-state index in [0.717, 1.165) is 18.4 Å². The van der Waals surface area contributed by atoms with Gasteiger partial charge in [-0.3, -0.25) is 14.4 Å². The molecular weight excluding hydrogens is 472 g/mol. The van der Waals surface area contributed by atoms with Crippen LogP contribution in [0.4, 0.5) is 0 Å². The van der Waals surface area contributed by atoms with E-state index < -0.39 is 34.4 Å². The highest BCUT2D eigenvalue weighted by Crippen LogP contribution is 2.67. The number of hydrogen-bond acceptors (Lipinski definition) is 7. The Morgan fingerprint density at radius 2 is 1.92 bits per heavy atom. The zero-order valence-corrected chi connectivity index (χ0v) is 22.8. The summed E-state index contributed by atoms with van der Waals surface area (Å²) in [5, 5.41) is 10.7. The van der Waals surface area contributed by atoms with E-state index in [4.69, 9.17) is 14.2 Å². The Hall–Kier alpha value is -1.83. The smallest absolute Gasteiger partial charge is 0.302 e. The van der Waals surface area contributed by atoms with Crippen LogP contribution >= 0.6 is 0 Å². The molecular formula is C30H40O7. The molecule has 0 aromatic heterocycles. The Morgan fingerprint density at radius 3 is 2.59 bits per heavy atom. The van der Waals surface area contributed by atoms with Gasteiger partial charge in [-0.25, -0.2) is 0 Å². The van der Waals surface area contributed by atoms with Crippen LogP contribution in [-0.4, -0.2) is 52.3 Å². The van der Waals surface area contributed by atoms with E-state index in [1.165, 1.54) is 6.92 Å². The lowest BCUT2D eigenvalue weighted by Gasteiger charge is -2.55. The molecule has 0 spiro atoms. The number of ether oxygens (including phenoxy) is 3. The summed E-state index contributed by atoms with van der Waals surface area (Å²) in [7, 11) is 0. The molecule has 0 bridgehead atoms. The van der Waals surface area contributed by atoms with Crippen LogP contribution in [0.1, 0.15) is 73.6 Å². The number of fused-ring (bicyclic) bond motifs is 6. The molecule has 12 atom stereocenters. The molecule has 2 saturated carbocycles. The van der Waals surface area contributed by atoms with Crippen LogP contribution in [0.15, 0.2) is 23.8 Å². The molecule has 2 saturated heterocycles. The quantitative estimate of drug-likeness (QED) is 0.347. The van der Waals surface area contributed by atoms with Crippen molar-refractivity contribution in [2.75, 3.05) is 0 Å². The molecule has 6 rings (SSSR count). The fraction of sp³-hybridized carbons (Fsp3) is 0.767. The third kappa shape index (κ3) is 3.20. The van der Waals surface area contributed by atoms with Gasteiger partial charge in [-0.2, -0.15) is 0 Å². The Labute approximate surface area is 219 Å². The number of rotatable bonds is 3. The molecule has 2 aliphatic heterocycles. The summed E-state index contributed by atoms with van der Waals surface area (Å²) in [6.45, 7) is 11.4. The lowest BCUT2D eigenvalue weighted by atomic mass is 9.47. The molecule has 2 heterocycles. The number of ketones is 2. The number of aliphatic hydroxyl groups excluding tert-OH is 1. The number of esters is 1. The van der Waals surface area contributed by atoms with Crippen LogP contribution in [-0.2, 0) is 28.6 Å². The summed E-state index contributed by atoms with van der Waals surface area (Å²) in [6, 6.07) is 0. The van der Waals surface area contributed by atoms with Crippen molar-refractivity contribution in [3.63, 3.8) is 0 Å². The first-order valence-electron chi connectivity index (χ1n) is 13.9. The number of carbonyl (C=O) groups is 3. The van der Waals surface area contributed by atoms with Crippen molar-refractivity contribution < 1.29 is 33.7 Å². The highest BCUT2D eigenvalue weighted by atomic mass is 16.7. The van der Waals surface area contributed by atoms with Crippen molar-refractivity contribution in [1.82, 2.24) is 0 Å². The summed E-state index contributed by atoms with van der Waals surface area (Å²) in [6.07, 6.45) is 7.22. The molecule has 1 N–H and O–H groups in total. The van der Waals surface area contributed by atoms with Crippen molar-refractivity contribution in [3.05, 3.63) is 23.8 Å². The standard InChI is InChI=1S/C30H40O7/c1-15(22-14-27(3)30(6,37-27)26(34)36-22)25-21(35-16(2)31)12-19-18-11-10-17-8-7-9-23(32)28(17,4)20(18)13-24(33)29(19,25)5/h7,9-10,15,18-22,25-26,34H,8,11-14H2,1-6H3/t15-,18+,19+,20+,21-,22-,25+,26-,27+,28+,29-,30-/m1/s1. The van der Waals surface area contributed by atoms with Gasteiger partial charge < -0.3 is 19.3 Å². The summed E-state index contributed by atoms with van der Waals surface area (Å²) in [5.41, 5.74) is -1.40. The predicted octanol–water partition coefficient (Wildman–Crippen LogP) is 3.92. The van der Waals surface area contributed by atoms with Gasteiger partial charge >= 0.3 is 5.97 Å². The number of carbonyl (C=O) groups excluding carboxylic acids is 3. The fourth-order valence-corrected chi connectivity index (χ4v) is 9.42. The van der Waals surface area contributed by atoms with E-state index in [9.17, 15) is 19.5 Å². The summed E-state index contributed by atoms with van der Waals surface area (Å²) in [4.78, 5) is 39.7. The van der Waals surface area contributed by atoms with Crippen LogP contribution in [0, 0.1) is 40.4 Å². The number of allylic oxidation sites excluding steroid dienone is 4. The highest BCUT2D eigenvalue weighted by Gasteiger charge is 2.73. The van der Waals surface area contributed by atoms with Gasteiger partial charge in [0.2, 0.25) is 0 Å². The second-order valence-corrected chi connectivity index (χ2v) is 13.4. The summed E-state index contributed by atoms with van der Waals surface area (Å²) < 4.78 is 18.0. The average molecular weight is 513 g/mol. The molecule has 202 valence electrons. The Balaban J connectivity index is 1.37. The third-order valence-electron chi connectivity index (χ3n) is 11.8. The largest absolute Gasteiger partial charge is 0.462 e. The highest BCUT2D eigenvalue weighted by molar-refractivity contribution is 5.99. The van der Waals surface area contributed by atoms with Crippen LogP contribution in [0.25, 0.3) is 0 Å². The maximum absolute atomic E-state index is 14.3. The van der Waals surface area contributed by atoms with Gasteiger partial charge in [-0.15, -0.1) is 0 Å². The van der Waals surface area contributed by atoms with E-state index >= 15 is 0 Å². The Kier molecular flexibility index (Phi) is 5.40. The van der Waals surface area contributed by atoms with Gasteiger partial charge in [0.25, 0.3) is 0 Å². The average Bonchev–Trinajstić information content (AvgIpc) is 3.27. The minimum Gasteiger partial charge on any atom is -0.462 e. The normalized spacial score (nSPS) is 52.8. The van der Waals surface area contributed by atoms with E-state index in [-0.39, 0.29) is 53.2 Å². The topological polar surface area (TPSA) is 102 Å². The van der Waals surface area contributed by atoms with Crippen LogP contribution in [0.5, 0.6) is 0 Å². The van der Waals surface area contributed by atoms with Gasteiger partial charge in [0, 0.05) is 31.1 Å². The predicted molar refractivity (Wildman–Crippen MR) is 134 cm³/mol. The third-order valence-corrected chi connectivity index (χ3v) is 11.8. The van der Waals surface area contributed by atoms with E-state index in [2.05, 4.69) is 19.9 Å². The first-order chi connectivity index (χ1) is 17.3. The maximum atomic E-state index is 14.3. The monoisotopic (exact) mass is 512 g/mol. The Bertz CT molecular complexity index is 1120. The van der Waals surface area contributed by atoms with E-state index in [1.807, 2.05) is 26.8 Å². The second-order valence-electron chi connectivity index (χ2n) is 13.4. The van der Waals surface area contributed by atoms with Crippen molar-refractivity contribution in [2.24, 2.45) is 40.4 Å². The van der Waals surface area contributed by atoms with Gasteiger partial charge in [-0.1, -0.05) is 31.6 Å². The zero-order valence-electron chi connectivity index (χ0n) is 22.8. The summed E-state index contributed by atoms with van der Waals surface area (Å²) in [5.74, 6) is -0.388. The molecule has 0 amide bonds. The molecule has 37 heavy (non-hydrogen) atoms. The van der Waals surface area contributed by atoms with Crippen molar-refractivity contribution in [2.45, 2.75) is 103 Å². The Morgan fingerprint density at radius 1 is 1.19 bits per heavy atom. The molecule has 6 aliphatic rings. The number of hydrogen-bond donors (Lipinski definition) is 1. The maximum Gasteiger partial charge on any atom is 0.302 e. The van der Waals surface area contributed by atoms with E-state index in [1.54, 1.807) is 6.08 Å². The SMILES string of the molecule is CC(=O)O[C@@H]1C[C@H]2[C@@H]3CC=C4CC=CC(=O)[C@]4(C)[C@H]3CC(=O)[C@]2(C)[C@H]1[C@H](C)[C@H]1C[C@]2(C)O[C@]2(C)[C@H](O)O1. The van der Waals surface area contributed by atoms with Gasteiger partial charge in [0.1, 0.15) is 23.1 Å². The second kappa shape index (κ2) is 7.86. The van der Waals surface area contributed by atoms with Gasteiger partial charge in [0.05, 0.1) is 11.5 Å². The molecule has 0 unspecified atom stereocenters.